The Morgan fingerprint density at radius 2 is 2.17 bits per heavy atom. The van der Waals surface area contributed by atoms with Crippen LogP contribution >= 0.6 is 11.8 Å². The molecule has 116 valence electrons. The van der Waals surface area contributed by atoms with Gasteiger partial charge in [-0.1, -0.05) is 6.07 Å². The Hall–Kier alpha value is -2.82. The maximum Gasteiger partial charge on any atom is 0.366 e. The van der Waals surface area contributed by atoms with E-state index in [1.807, 2.05) is 0 Å². The van der Waals surface area contributed by atoms with Crippen LogP contribution in [0.2, 0.25) is 0 Å². The number of fused-ring (bicyclic) bond motifs is 1. The molecule has 1 fully saturated rings. The summed E-state index contributed by atoms with van der Waals surface area (Å²) in [5, 5.41) is 23.1. The van der Waals surface area contributed by atoms with E-state index in [0.717, 1.165) is 29.0 Å². The zero-order chi connectivity index (χ0) is 16.0. The smallest absolute Gasteiger partial charge is 0.262 e. The van der Waals surface area contributed by atoms with Crippen molar-refractivity contribution in [3.8, 4) is 0 Å². The van der Waals surface area contributed by atoms with Gasteiger partial charge in [0.2, 0.25) is 5.16 Å². The highest BCUT2D eigenvalue weighted by molar-refractivity contribution is 7.99. The van der Waals surface area contributed by atoms with Crippen LogP contribution in [0.1, 0.15) is 18.9 Å². The fourth-order valence-electron chi connectivity index (χ4n) is 2.17. The van der Waals surface area contributed by atoms with Crippen LogP contribution in [0, 0.1) is 10.1 Å². The molecular formula is C12H9N7O3S. The van der Waals surface area contributed by atoms with Crippen molar-refractivity contribution in [3.05, 3.63) is 44.9 Å². The normalized spacial score (nSPS) is 14.3. The van der Waals surface area contributed by atoms with Gasteiger partial charge in [-0.2, -0.15) is 0 Å². The summed E-state index contributed by atoms with van der Waals surface area (Å²) >= 11 is 0.934. The summed E-state index contributed by atoms with van der Waals surface area (Å²) in [7, 11) is 0. The Morgan fingerprint density at radius 1 is 1.35 bits per heavy atom. The lowest BCUT2D eigenvalue weighted by molar-refractivity contribution is -0.389. The van der Waals surface area contributed by atoms with Crippen LogP contribution in [-0.2, 0) is 0 Å². The van der Waals surface area contributed by atoms with Gasteiger partial charge >= 0.3 is 11.2 Å². The molecule has 1 aliphatic rings. The van der Waals surface area contributed by atoms with Crippen LogP contribution in [-0.4, -0.2) is 34.5 Å². The van der Waals surface area contributed by atoms with Gasteiger partial charge in [0.1, 0.15) is 5.65 Å². The maximum absolute atomic E-state index is 12.4. The third-order valence-electron chi connectivity index (χ3n) is 3.40. The van der Waals surface area contributed by atoms with Gasteiger partial charge in [-0.3, -0.25) is 19.3 Å². The molecule has 0 bridgehead atoms. The van der Waals surface area contributed by atoms with E-state index in [1.165, 1.54) is 6.20 Å². The highest BCUT2D eigenvalue weighted by Crippen LogP contribution is 2.38. The lowest BCUT2D eigenvalue weighted by Gasteiger charge is -2.05. The molecule has 0 radical (unpaired) electrons. The number of hydrogen-bond acceptors (Lipinski definition) is 8. The van der Waals surface area contributed by atoms with Crippen molar-refractivity contribution in [1.29, 1.82) is 0 Å². The quantitative estimate of drug-likeness (QED) is 0.395. The van der Waals surface area contributed by atoms with Crippen molar-refractivity contribution in [1.82, 2.24) is 29.6 Å². The standard InChI is InChI=1S/C12H9N7O3S/c20-11-9(19(21)22)10(13-8-3-1-2-6-17(8)11)23-12-14-15-16-18(12)7-4-5-7/h1-3,6-7H,4-5H2. The van der Waals surface area contributed by atoms with Gasteiger partial charge < -0.3 is 0 Å². The number of hydrogen-bond donors (Lipinski definition) is 0. The molecule has 3 aromatic rings. The zero-order valence-corrected chi connectivity index (χ0v) is 12.4. The number of pyridine rings is 1. The summed E-state index contributed by atoms with van der Waals surface area (Å²) < 4.78 is 2.76. The monoisotopic (exact) mass is 331 g/mol. The fraction of sp³-hybridized carbons (Fsp3) is 0.250. The molecular weight excluding hydrogens is 322 g/mol. The number of aromatic nitrogens is 6. The molecule has 10 nitrogen and oxygen atoms in total. The Bertz CT molecular complexity index is 978. The summed E-state index contributed by atoms with van der Waals surface area (Å²) in [4.78, 5) is 27.2. The van der Waals surface area contributed by atoms with Gasteiger partial charge in [0.05, 0.1) is 11.0 Å². The molecule has 0 aliphatic heterocycles. The lowest BCUT2D eigenvalue weighted by Crippen LogP contribution is -2.19. The van der Waals surface area contributed by atoms with E-state index in [4.69, 9.17) is 0 Å². The third kappa shape index (κ3) is 2.34. The van der Waals surface area contributed by atoms with Crippen LogP contribution in [0.5, 0.6) is 0 Å². The average Bonchev–Trinajstić information content (AvgIpc) is 3.27. The minimum Gasteiger partial charge on any atom is -0.262 e. The van der Waals surface area contributed by atoms with E-state index in [-0.39, 0.29) is 11.1 Å². The first kappa shape index (κ1) is 13.8. The Morgan fingerprint density at radius 3 is 2.91 bits per heavy atom. The highest BCUT2D eigenvalue weighted by atomic mass is 32.2. The van der Waals surface area contributed by atoms with Crippen molar-refractivity contribution >= 4 is 23.1 Å². The number of nitrogens with zero attached hydrogens (tertiary/aromatic N) is 7. The SMILES string of the molecule is O=c1c([N+](=O)[O-])c(Sc2nnnn2C2CC2)nc2ccccn12. The van der Waals surface area contributed by atoms with Gasteiger partial charge in [-0.05, 0) is 47.2 Å². The number of tetrazole rings is 1. The van der Waals surface area contributed by atoms with Crippen LogP contribution in [0.4, 0.5) is 5.69 Å². The molecule has 1 saturated carbocycles. The highest BCUT2D eigenvalue weighted by Gasteiger charge is 2.31. The molecule has 0 N–H and O–H groups in total. The number of nitro groups is 1. The van der Waals surface area contributed by atoms with E-state index in [1.54, 1.807) is 22.9 Å². The number of rotatable bonds is 4. The van der Waals surface area contributed by atoms with Gasteiger partial charge in [0.25, 0.3) is 0 Å². The van der Waals surface area contributed by atoms with Gasteiger partial charge in [0.15, 0.2) is 5.03 Å². The summed E-state index contributed by atoms with van der Waals surface area (Å²) in [6.07, 6.45) is 3.38. The van der Waals surface area contributed by atoms with Gasteiger partial charge in [-0.25, -0.2) is 9.67 Å². The van der Waals surface area contributed by atoms with Crippen molar-refractivity contribution in [2.45, 2.75) is 29.1 Å². The summed E-state index contributed by atoms with van der Waals surface area (Å²) in [6.45, 7) is 0. The molecule has 0 unspecified atom stereocenters. The van der Waals surface area contributed by atoms with Crippen molar-refractivity contribution in [3.63, 3.8) is 0 Å². The summed E-state index contributed by atoms with van der Waals surface area (Å²) in [6, 6.07) is 5.14. The summed E-state index contributed by atoms with van der Waals surface area (Å²) in [5.41, 5.74) is -0.978. The fourth-order valence-corrected chi connectivity index (χ4v) is 3.10. The Labute approximate surface area is 132 Å². The van der Waals surface area contributed by atoms with Crippen LogP contribution in [0.15, 0.2) is 39.4 Å². The predicted octanol–water partition coefficient (Wildman–Crippen LogP) is 1.08. The first-order valence-electron chi connectivity index (χ1n) is 6.76. The van der Waals surface area contributed by atoms with Gasteiger partial charge in [0, 0.05) is 6.20 Å². The van der Waals surface area contributed by atoms with Crippen molar-refractivity contribution in [2.24, 2.45) is 0 Å². The molecule has 0 amide bonds. The lowest BCUT2D eigenvalue weighted by atomic mass is 10.4. The average molecular weight is 331 g/mol. The van der Waals surface area contributed by atoms with Gasteiger partial charge in [-0.15, -0.1) is 5.10 Å². The second-order valence-corrected chi connectivity index (χ2v) is 5.95. The molecule has 4 rings (SSSR count). The van der Waals surface area contributed by atoms with Crippen LogP contribution in [0.3, 0.4) is 0 Å². The molecule has 3 aromatic heterocycles. The molecule has 0 aromatic carbocycles. The van der Waals surface area contributed by atoms with Crippen molar-refractivity contribution in [2.75, 3.05) is 0 Å². The topological polar surface area (TPSA) is 121 Å². The first-order valence-corrected chi connectivity index (χ1v) is 7.58. The van der Waals surface area contributed by atoms with E-state index >= 15 is 0 Å². The van der Waals surface area contributed by atoms with E-state index in [9.17, 15) is 14.9 Å². The zero-order valence-electron chi connectivity index (χ0n) is 11.6. The van der Waals surface area contributed by atoms with Crippen LogP contribution < -0.4 is 5.56 Å². The second kappa shape index (κ2) is 5.12. The summed E-state index contributed by atoms with van der Waals surface area (Å²) in [5.74, 6) is 0. The Kier molecular flexibility index (Phi) is 3.08. The minimum atomic E-state index is -0.728. The molecule has 0 spiro atoms. The van der Waals surface area contributed by atoms with Crippen LogP contribution in [0.25, 0.3) is 5.65 Å². The molecule has 0 saturated heterocycles. The first-order chi connectivity index (χ1) is 11.1. The van der Waals surface area contributed by atoms with E-state index in [2.05, 4.69) is 20.5 Å². The van der Waals surface area contributed by atoms with E-state index < -0.39 is 16.2 Å². The van der Waals surface area contributed by atoms with Crippen molar-refractivity contribution < 1.29 is 4.92 Å². The van der Waals surface area contributed by atoms with E-state index in [0.29, 0.717) is 10.8 Å². The Balaban J connectivity index is 1.88. The second-order valence-electron chi connectivity index (χ2n) is 5.00. The maximum atomic E-state index is 12.4. The largest absolute Gasteiger partial charge is 0.366 e. The molecule has 3 heterocycles. The third-order valence-corrected chi connectivity index (χ3v) is 4.33. The minimum absolute atomic E-state index is 0.0112. The molecule has 1 aliphatic carbocycles. The molecule has 11 heteroatoms. The predicted molar refractivity (Wildman–Crippen MR) is 78.3 cm³/mol. The molecule has 0 atom stereocenters. The molecule has 23 heavy (non-hydrogen) atoms.